The first-order valence-electron chi connectivity index (χ1n) is 12.3. The summed E-state index contributed by atoms with van der Waals surface area (Å²) in [7, 11) is -5.68. The van der Waals surface area contributed by atoms with Gasteiger partial charge in [-0.25, -0.2) is 9.67 Å². The van der Waals surface area contributed by atoms with Crippen LogP contribution < -0.4 is 9.54 Å². The minimum atomic E-state index is -5.68. The van der Waals surface area contributed by atoms with Gasteiger partial charge in [-0.15, -0.1) is 0 Å². The monoisotopic (exact) mass is 647 g/mol. The number of nitrogens with zero attached hydrogens (tertiary/aromatic N) is 3. The van der Waals surface area contributed by atoms with Crippen molar-refractivity contribution < 1.29 is 27.9 Å². The first-order valence-corrected chi connectivity index (χ1v) is 15.5. The van der Waals surface area contributed by atoms with Crippen LogP contribution in [-0.4, -0.2) is 19.6 Å². The predicted molar refractivity (Wildman–Crippen MR) is 160 cm³/mol. The number of hydrogen-bond donors (Lipinski definition) is 2. The molecule has 0 saturated carbocycles. The molecule has 0 fully saturated rings. The first-order chi connectivity index (χ1) is 19.9. The maximum absolute atomic E-state index is 14.1. The van der Waals surface area contributed by atoms with Crippen molar-refractivity contribution in [3.63, 3.8) is 0 Å². The Morgan fingerprint density at radius 1 is 0.952 bits per heavy atom. The second kappa shape index (κ2) is 12.1. The van der Waals surface area contributed by atoms with Gasteiger partial charge in [0.25, 0.3) is 0 Å². The van der Waals surface area contributed by atoms with Gasteiger partial charge < -0.3 is 14.5 Å². The zero-order chi connectivity index (χ0) is 30.1. The molecule has 216 valence electrons. The van der Waals surface area contributed by atoms with Crippen LogP contribution in [0.4, 0.5) is 14.5 Å². The van der Waals surface area contributed by atoms with Crippen LogP contribution in [0, 0.1) is 6.92 Å². The van der Waals surface area contributed by atoms with E-state index >= 15 is 0 Å². The van der Waals surface area contributed by atoms with Crippen molar-refractivity contribution in [3.8, 4) is 22.1 Å². The van der Waals surface area contributed by atoms with Crippen molar-refractivity contribution in [3.05, 3.63) is 123 Å². The Bertz CT molecular complexity index is 1870. The van der Waals surface area contributed by atoms with E-state index in [0.29, 0.717) is 42.6 Å². The number of ether oxygens (including phenoxy) is 1. The predicted octanol–water partition coefficient (Wildman–Crippen LogP) is 8.53. The molecule has 0 unspecified atom stereocenters. The SMILES string of the molecule is Cc1cccc(Oc2cccc(-c3nn(Cc4ccc(C(F)(F)P(=O)(O)O)cc4)/c(=N/c4ccc(Cl)c(Cl)c4)s3)c2)c1. The van der Waals surface area contributed by atoms with Gasteiger partial charge in [0, 0.05) is 11.1 Å². The van der Waals surface area contributed by atoms with E-state index in [1.807, 2.05) is 55.5 Å². The summed E-state index contributed by atoms with van der Waals surface area (Å²) in [6, 6.07) is 24.8. The zero-order valence-corrected chi connectivity index (χ0v) is 25.0. The lowest BCUT2D eigenvalue weighted by Gasteiger charge is -2.18. The molecule has 0 amide bonds. The fourth-order valence-corrected chi connectivity index (χ4v) is 5.63. The quantitative estimate of drug-likeness (QED) is 0.165. The Morgan fingerprint density at radius 3 is 2.31 bits per heavy atom. The van der Waals surface area contributed by atoms with Crippen LogP contribution in [0.2, 0.25) is 10.0 Å². The van der Waals surface area contributed by atoms with Crippen LogP contribution in [-0.2, 0) is 16.8 Å². The summed E-state index contributed by atoms with van der Waals surface area (Å²) in [5.41, 5.74) is -2.16. The Kier molecular flexibility index (Phi) is 8.66. The van der Waals surface area contributed by atoms with E-state index in [2.05, 4.69) is 0 Å². The van der Waals surface area contributed by atoms with Crippen LogP contribution in [0.15, 0.2) is 96.0 Å². The highest BCUT2D eigenvalue weighted by atomic mass is 35.5. The van der Waals surface area contributed by atoms with Gasteiger partial charge in [-0.1, -0.05) is 83.1 Å². The normalized spacial score (nSPS) is 12.5. The topological polar surface area (TPSA) is 96.9 Å². The molecule has 0 atom stereocenters. The average Bonchev–Trinajstić information content (AvgIpc) is 3.32. The summed E-state index contributed by atoms with van der Waals surface area (Å²) in [4.78, 5) is 23.3. The molecule has 0 aliphatic rings. The van der Waals surface area contributed by atoms with Crippen molar-refractivity contribution in [2.24, 2.45) is 4.99 Å². The molecule has 7 nitrogen and oxygen atoms in total. The number of benzene rings is 4. The highest BCUT2D eigenvalue weighted by Gasteiger charge is 2.50. The molecule has 5 aromatic rings. The highest BCUT2D eigenvalue weighted by Crippen LogP contribution is 2.59. The third-order valence-electron chi connectivity index (χ3n) is 6.05. The van der Waals surface area contributed by atoms with Gasteiger partial charge in [0.05, 0.1) is 22.3 Å². The van der Waals surface area contributed by atoms with Gasteiger partial charge in [0.2, 0.25) is 4.80 Å². The van der Waals surface area contributed by atoms with Crippen molar-refractivity contribution in [1.82, 2.24) is 9.78 Å². The van der Waals surface area contributed by atoms with Crippen LogP contribution in [0.25, 0.3) is 10.6 Å². The molecular weight excluding hydrogens is 626 g/mol. The molecule has 0 aliphatic carbocycles. The van der Waals surface area contributed by atoms with Gasteiger partial charge in [-0.3, -0.25) is 4.57 Å². The average molecular weight is 648 g/mol. The molecule has 13 heteroatoms. The standard InChI is InChI=1S/C29H22Cl2F2N3O4PS/c1-18-4-2-6-23(14-18)40-24-7-3-5-20(15-24)27-35-36(28(42-27)34-22-12-13-25(30)26(31)16-22)17-19-8-10-21(11-9-19)29(32,33)41(37,38)39/h2-16H,17H2,1H3,(H2,37,38,39)/b34-28-. The fraction of sp³-hybridized carbons (Fsp3) is 0.103. The van der Waals surface area contributed by atoms with Gasteiger partial charge >= 0.3 is 13.3 Å². The fourth-order valence-electron chi connectivity index (χ4n) is 3.94. The maximum atomic E-state index is 14.1. The minimum Gasteiger partial charge on any atom is -0.457 e. The van der Waals surface area contributed by atoms with Crippen LogP contribution in [0.1, 0.15) is 16.7 Å². The summed E-state index contributed by atoms with van der Waals surface area (Å²) in [6.07, 6.45) is 0. The van der Waals surface area contributed by atoms with Gasteiger partial charge in [0.15, 0.2) is 0 Å². The summed E-state index contributed by atoms with van der Waals surface area (Å²) in [5.74, 6) is 1.31. The van der Waals surface area contributed by atoms with Crippen LogP contribution in [0.5, 0.6) is 11.5 Å². The molecule has 0 aliphatic heterocycles. The van der Waals surface area contributed by atoms with Gasteiger partial charge in [-0.2, -0.15) is 13.9 Å². The zero-order valence-electron chi connectivity index (χ0n) is 21.8. The van der Waals surface area contributed by atoms with E-state index in [1.165, 1.54) is 23.5 Å². The van der Waals surface area contributed by atoms with E-state index in [4.69, 9.17) is 47.8 Å². The Labute approximate surface area is 253 Å². The molecule has 2 N–H and O–H groups in total. The second-order valence-electron chi connectivity index (χ2n) is 9.29. The largest absolute Gasteiger partial charge is 0.457 e. The van der Waals surface area contributed by atoms with Crippen molar-refractivity contribution in [1.29, 1.82) is 0 Å². The molecule has 0 radical (unpaired) electrons. The summed E-state index contributed by atoms with van der Waals surface area (Å²) < 4.78 is 47.2. The number of alkyl halides is 2. The Morgan fingerprint density at radius 2 is 1.64 bits per heavy atom. The lowest BCUT2D eigenvalue weighted by molar-refractivity contribution is 0.0564. The molecule has 42 heavy (non-hydrogen) atoms. The molecular formula is C29H22Cl2F2N3O4PS. The molecule has 0 saturated heterocycles. The molecule has 1 aromatic heterocycles. The first kappa shape index (κ1) is 30.1. The Balaban J connectivity index is 1.52. The second-order valence-corrected chi connectivity index (χ2v) is 12.7. The van der Waals surface area contributed by atoms with Crippen LogP contribution >= 0.6 is 42.1 Å². The third-order valence-corrected chi connectivity index (χ3v) is 8.78. The smallest absolute Gasteiger partial charge is 0.399 e. The number of aromatic nitrogens is 2. The highest BCUT2D eigenvalue weighted by molar-refractivity contribution is 7.52. The summed E-state index contributed by atoms with van der Waals surface area (Å²) >= 11 is 13.5. The lowest BCUT2D eigenvalue weighted by atomic mass is 10.1. The molecule has 0 bridgehead atoms. The number of halogens is 4. The van der Waals surface area contributed by atoms with E-state index in [0.717, 1.165) is 23.3 Å². The maximum Gasteiger partial charge on any atom is 0.399 e. The van der Waals surface area contributed by atoms with Crippen molar-refractivity contribution >= 4 is 47.8 Å². The molecule has 4 aromatic carbocycles. The number of rotatable bonds is 8. The third kappa shape index (κ3) is 6.81. The number of hydrogen-bond acceptors (Lipinski definition) is 5. The van der Waals surface area contributed by atoms with Crippen LogP contribution in [0.3, 0.4) is 0 Å². The van der Waals surface area contributed by atoms with E-state index in [-0.39, 0.29) is 6.54 Å². The molecule has 0 spiro atoms. The van der Waals surface area contributed by atoms with Crippen molar-refractivity contribution in [2.45, 2.75) is 19.1 Å². The van der Waals surface area contributed by atoms with Gasteiger partial charge in [-0.05, 0) is 60.5 Å². The lowest BCUT2D eigenvalue weighted by Crippen LogP contribution is -2.17. The minimum absolute atomic E-state index is 0.137. The molecule has 1 heterocycles. The Hall–Kier alpha value is -3.37. The van der Waals surface area contributed by atoms with E-state index in [1.54, 1.807) is 22.9 Å². The van der Waals surface area contributed by atoms with Gasteiger partial charge in [0.1, 0.15) is 16.5 Å². The van der Waals surface area contributed by atoms with E-state index in [9.17, 15) is 13.3 Å². The molecule has 5 rings (SSSR count). The number of aryl methyl sites for hydroxylation is 1. The summed E-state index contributed by atoms with van der Waals surface area (Å²) in [6.45, 7) is 2.12. The van der Waals surface area contributed by atoms with Crippen molar-refractivity contribution in [2.75, 3.05) is 0 Å². The summed E-state index contributed by atoms with van der Waals surface area (Å²) in [5, 5.41) is 6.07. The van der Waals surface area contributed by atoms with E-state index < -0.39 is 18.8 Å².